The average molecular weight is 347 g/mol. The number of H-pyrrole nitrogens is 1. The van der Waals surface area contributed by atoms with Crippen LogP contribution in [0.1, 0.15) is 30.2 Å². The van der Waals surface area contributed by atoms with E-state index < -0.39 is 0 Å². The van der Waals surface area contributed by atoms with Gasteiger partial charge in [0.25, 0.3) is 0 Å². The molecule has 0 radical (unpaired) electrons. The lowest BCUT2D eigenvalue weighted by atomic mass is 10.0. The maximum Gasteiger partial charge on any atom is 0.119 e. The highest BCUT2D eigenvalue weighted by molar-refractivity contribution is 5.65. The van der Waals surface area contributed by atoms with E-state index in [0.29, 0.717) is 0 Å². The Morgan fingerprint density at radius 1 is 1.08 bits per heavy atom. The first-order valence-corrected chi connectivity index (χ1v) is 9.39. The van der Waals surface area contributed by atoms with E-state index in [9.17, 15) is 0 Å². The van der Waals surface area contributed by atoms with Crippen LogP contribution in [0.15, 0.2) is 54.6 Å². The number of hydrogen-bond acceptors (Lipinski definition) is 3. The van der Waals surface area contributed by atoms with Crippen LogP contribution in [0.25, 0.3) is 11.3 Å². The highest BCUT2D eigenvalue weighted by atomic mass is 16.5. The first-order chi connectivity index (χ1) is 12.8. The summed E-state index contributed by atoms with van der Waals surface area (Å²) in [5, 5.41) is 7.86. The molecule has 0 amide bonds. The van der Waals surface area contributed by atoms with Crippen molar-refractivity contribution in [3.8, 4) is 17.0 Å². The monoisotopic (exact) mass is 347 g/mol. The molecule has 1 aliphatic rings. The van der Waals surface area contributed by atoms with Crippen LogP contribution in [0.5, 0.6) is 5.75 Å². The van der Waals surface area contributed by atoms with E-state index in [1.54, 1.807) is 0 Å². The molecule has 4 rings (SSSR count). The molecule has 0 fully saturated rings. The number of nitrogens with one attached hydrogen (secondary N) is 1. The van der Waals surface area contributed by atoms with Gasteiger partial charge in [0.2, 0.25) is 0 Å². The van der Waals surface area contributed by atoms with Gasteiger partial charge >= 0.3 is 0 Å². The molecule has 26 heavy (non-hydrogen) atoms. The first-order valence-electron chi connectivity index (χ1n) is 9.39. The molecule has 0 spiro atoms. The average Bonchev–Trinajstić information content (AvgIpc) is 3.11. The van der Waals surface area contributed by atoms with Crippen molar-refractivity contribution in [3.63, 3.8) is 0 Å². The van der Waals surface area contributed by atoms with Crippen molar-refractivity contribution < 1.29 is 4.74 Å². The van der Waals surface area contributed by atoms with Gasteiger partial charge in [-0.2, -0.15) is 5.10 Å². The van der Waals surface area contributed by atoms with E-state index in [1.165, 1.54) is 16.8 Å². The maximum atomic E-state index is 5.69. The molecule has 0 saturated heterocycles. The van der Waals surface area contributed by atoms with Crippen LogP contribution in [0.4, 0.5) is 0 Å². The van der Waals surface area contributed by atoms with Gasteiger partial charge in [0.1, 0.15) is 5.75 Å². The van der Waals surface area contributed by atoms with Gasteiger partial charge in [-0.05, 0) is 36.2 Å². The van der Waals surface area contributed by atoms with Gasteiger partial charge in [-0.25, -0.2) is 0 Å². The van der Waals surface area contributed by atoms with Gasteiger partial charge < -0.3 is 4.74 Å². The molecule has 0 bridgehead atoms. The van der Waals surface area contributed by atoms with Crippen LogP contribution < -0.4 is 4.74 Å². The molecule has 0 saturated carbocycles. The highest BCUT2D eigenvalue weighted by Gasteiger charge is 2.22. The van der Waals surface area contributed by atoms with E-state index in [1.807, 2.05) is 12.1 Å². The van der Waals surface area contributed by atoms with Crippen LogP contribution >= 0.6 is 0 Å². The second kappa shape index (κ2) is 7.75. The minimum Gasteiger partial charge on any atom is -0.494 e. The standard InChI is InChI=1S/C22H25N3O/c1-2-14-26-19-10-8-18(9-11-19)22-20-16-25(13-12-21(20)23-24-22)15-17-6-4-3-5-7-17/h3-11H,2,12-16H2,1H3,(H,23,24). The van der Waals surface area contributed by atoms with Crippen molar-refractivity contribution in [2.24, 2.45) is 0 Å². The summed E-state index contributed by atoms with van der Waals surface area (Å²) in [6, 6.07) is 19.0. The van der Waals surface area contributed by atoms with Gasteiger partial charge in [0.15, 0.2) is 0 Å². The third kappa shape index (κ3) is 3.65. The fourth-order valence-corrected chi connectivity index (χ4v) is 3.50. The number of fused-ring (bicyclic) bond motifs is 1. The van der Waals surface area contributed by atoms with Crippen LogP contribution in [0, 0.1) is 0 Å². The SMILES string of the molecule is CCCOc1ccc(-c2n[nH]c3c2CN(Cc2ccccc2)CC3)cc1. The highest BCUT2D eigenvalue weighted by Crippen LogP contribution is 2.30. The molecule has 134 valence electrons. The summed E-state index contributed by atoms with van der Waals surface area (Å²) in [5.41, 5.74) is 6.18. The molecular weight excluding hydrogens is 322 g/mol. The Bertz CT molecular complexity index is 840. The minimum absolute atomic E-state index is 0.756. The first kappa shape index (κ1) is 16.9. The minimum atomic E-state index is 0.756. The fraction of sp³-hybridized carbons (Fsp3) is 0.318. The van der Waals surface area contributed by atoms with E-state index in [0.717, 1.165) is 56.1 Å². The normalized spacial score (nSPS) is 14.2. The van der Waals surface area contributed by atoms with Crippen molar-refractivity contribution >= 4 is 0 Å². The van der Waals surface area contributed by atoms with Gasteiger partial charge in [0.05, 0.1) is 12.3 Å². The zero-order valence-corrected chi connectivity index (χ0v) is 15.2. The number of nitrogens with zero attached hydrogens (tertiary/aromatic N) is 2. The predicted molar refractivity (Wildman–Crippen MR) is 104 cm³/mol. The maximum absolute atomic E-state index is 5.69. The van der Waals surface area contributed by atoms with Crippen LogP contribution in [-0.2, 0) is 19.5 Å². The van der Waals surface area contributed by atoms with Crippen LogP contribution in [0.2, 0.25) is 0 Å². The lowest BCUT2D eigenvalue weighted by molar-refractivity contribution is 0.245. The predicted octanol–water partition coefficient (Wildman–Crippen LogP) is 4.42. The molecule has 1 N–H and O–H groups in total. The molecule has 4 nitrogen and oxygen atoms in total. The molecule has 4 heteroatoms. The van der Waals surface area contributed by atoms with Gasteiger partial charge in [0, 0.05) is 42.9 Å². The van der Waals surface area contributed by atoms with Gasteiger partial charge in [-0.15, -0.1) is 0 Å². The molecule has 0 unspecified atom stereocenters. The molecule has 3 aromatic rings. The Morgan fingerprint density at radius 3 is 2.65 bits per heavy atom. The summed E-state index contributed by atoms with van der Waals surface area (Å²) in [4.78, 5) is 2.50. The Balaban J connectivity index is 1.51. The van der Waals surface area contributed by atoms with E-state index in [-0.39, 0.29) is 0 Å². The zero-order chi connectivity index (χ0) is 17.8. The quantitative estimate of drug-likeness (QED) is 0.717. The lowest BCUT2D eigenvalue weighted by Crippen LogP contribution is -2.29. The summed E-state index contributed by atoms with van der Waals surface area (Å²) in [7, 11) is 0. The number of benzene rings is 2. The summed E-state index contributed by atoms with van der Waals surface area (Å²) < 4.78 is 5.69. The third-order valence-corrected chi connectivity index (χ3v) is 4.86. The zero-order valence-electron chi connectivity index (χ0n) is 15.2. The number of ether oxygens (including phenoxy) is 1. The second-order valence-corrected chi connectivity index (χ2v) is 6.85. The molecular formula is C22H25N3O. The molecule has 1 aliphatic heterocycles. The van der Waals surface area contributed by atoms with Crippen LogP contribution in [0.3, 0.4) is 0 Å². The molecule has 2 heterocycles. The topological polar surface area (TPSA) is 41.1 Å². The van der Waals surface area contributed by atoms with E-state index >= 15 is 0 Å². The molecule has 0 atom stereocenters. The van der Waals surface area contributed by atoms with Crippen molar-refractivity contribution in [2.45, 2.75) is 32.9 Å². The molecule has 2 aromatic carbocycles. The molecule has 0 aliphatic carbocycles. The second-order valence-electron chi connectivity index (χ2n) is 6.85. The number of hydrogen-bond donors (Lipinski definition) is 1. The van der Waals surface area contributed by atoms with Gasteiger partial charge in [-0.3, -0.25) is 10.00 Å². The Hall–Kier alpha value is -2.59. The fourth-order valence-electron chi connectivity index (χ4n) is 3.50. The lowest BCUT2D eigenvalue weighted by Gasteiger charge is -2.27. The summed E-state index contributed by atoms with van der Waals surface area (Å²) in [6.07, 6.45) is 2.04. The summed E-state index contributed by atoms with van der Waals surface area (Å²) >= 11 is 0. The van der Waals surface area contributed by atoms with Gasteiger partial charge in [-0.1, -0.05) is 37.3 Å². The Morgan fingerprint density at radius 2 is 1.88 bits per heavy atom. The number of aromatic amines is 1. The largest absolute Gasteiger partial charge is 0.494 e. The third-order valence-electron chi connectivity index (χ3n) is 4.86. The van der Waals surface area contributed by atoms with Crippen molar-refractivity contribution in [3.05, 3.63) is 71.4 Å². The smallest absolute Gasteiger partial charge is 0.119 e. The number of aromatic nitrogens is 2. The van der Waals surface area contributed by atoms with Crippen molar-refractivity contribution in [1.29, 1.82) is 0 Å². The van der Waals surface area contributed by atoms with E-state index in [4.69, 9.17) is 4.74 Å². The summed E-state index contributed by atoms with van der Waals surface area (Å²) in [5.74, 6) is 0.922. The van der Waals surface area contributed by atoms with Crippen molar-refractivity contribution in [1.82, 2.24) is 15.1 Å². The number of rotatable bonds is 6. The van der Waals surface area contributed by atoms with Crippen molar-refractivity contribution in [2.75, 3.05) is 13.2 Å². The Kier molecular flexibility index (Phi) is 5.02. The molecule has 1 aromatic heterocycles. The Labute approximate surface area is 154 Å². The summed E-state index contributed by atoms with van der Waals surface area (Å²) in [6.45, 7) is 5.85. The van der Waals surface area contributed by atoms with E-state index in [2.05, 4.69) is 64.5 Å². The van der Waals surface area contributed by atoms with Crippen LogP contribution in [-0.4, -0.2) is 28.2 Å².